The molecule has 0 heterocycles. The summed E-state index contributed by atoms with van der Waals surface area (Å²) in [6.07, 6.45) is 6.51. The minimum Gasteiger partial charge on any atom is -0.300 e. The van der Waals surface area contributed by atoms with Crippen LogP contribution in [0.2, 0.25) is 0 Å². The molecule has 0 aliphatic heterocycles. The molecule has 0 unspecified atom stereocenters. The number of fused-ring (bicyclic) bond motifs is 1. The van der Waals surface area contributed by atoms with Crippen LogP contribution in [0.25, 0.3) is 0 Å². The van der Waals surface area contributed by atoms with Gasteiger partial charge in [-0.3, -0.25) is 9.59 Å². The second-order valence-electron chi connectivity index (χ2n) is 4.32. The second kappa shape index (κ2) is 2.79. The van der Waals surface area contributed by atoms with Crippen LogP contribution in [-0.2, 0) is 9.59 Å². The molecule has 0 radical (unpaired) electrons. The van der Waals surface area contributed by atoms with Gasteiger partial charge in [-0.1, -0.05) is 13.0 Å². The Morgan fingerprint density at radius 1 is 1.38 bits per heavy atom. The average Bonchev–Trinajstić information content (AvgIpc) is 2.28. The molecule has 1 saturated carbocycles. The van der Waals surface area contributed by atoms with Gasteiger partial charge in [0.2, 0.25) is 0 Å². The lowest BCUT2D eigenvalue weighted by atomic mass is 9.75. The van der Waals surface area contributed by atoms with Crippen LogP contribution in [0.1, 0.15) is 32.6 Å². The Hall–Kier alpha value is -0.920. The van der Waals surface area contributed by atoms with Crippen molar-refractivity contribution in [2.45, 2.75) is 32.6 Å². The summed E-state index contributed by atoms with van der Waals surface area (Å²) >= 11 is 0. The molecule has 0 bridgehead atoms. The van der Waals surface area contributed by atoms with Gasteiger partial charge in [-0.05, 0) is 24.8 Å². The summed E-state index contributed by atoms with van der Waals surface area (Å²) in [5.41, 5.74) is -0.258. The Morgan fingerprint density at radius 2 is 2.15 bits per heavy atom. The highest BCUT2D eigenvalue weighted by molar-refractivity contribution is 5.98. The van der Waals surface area contributed by atoms with Gasteiger partial charge in [-0.15, -0.1) is 0 Å². The highest BCUT2D eigenvalue weighted by Gasteiger charge is 2.43. The molecule has 0 aromatic carbocycles. The molecule has 0 N–H and O–H groups in total. The molecule has 2 aliphatic carbocycles. The number of carbonyl (C=O) groups excluding carboxylic acids is 2. The van der Waals surface area contributed by atoms with E-state index in [1.165, 1.54) is 0 Å². The summed E-state index contributed by atoms with van der Waals surface area (Å²) in [5, 5.41) is 0. The van der Waals surface area contributed by atoms with Crippen molar-refractivity contribution < 1.29 is 9.59 Å². The second-order valence-corrected chi connectivity index (χ2v) is 4.32. The maximum absolute atomic E-state index is 11.6. The summed E-state index contributed by atoms with van der Waals surface area (Å²) in [6.45, 7) is 2.00. The van der Waals surface area contributed by atoms with E-state index in [1.54, 1.807) is 6.08 Å². The van der Waals surface area contributed by atoms with Crippen molar-refractivity contribution in [3.8, 4) is 0 Å². The third kappa shape index (κ3) is 1.25. The summed E-state index contributed by atoms with van der Waals surface area (Å²) in [6, 6.07) is 0. The van der Waals surface area contributed by atoms with E-state index in [4.69, 9.17) is 0 Å². The molecule has 70 valence electrons. The standard InChI is InChI=1S/C11H14O2/c1-11-7-6-9(12)4-2-8(11)3-5-10(11)13/h3,5,8H,2,4,6-7H2,1H3/t8-,11-/m1/s1. The molecule has 2 heteroatoms. The normalized spacial score (nSPS) is 39.0. The van der Waals surface area contributed by atoms with Crippen LogP contribution in [0.4, 0.5) is 0 Å². The van der Waals surface area contributed by atoms with Crippen molar-refractivity contribution >= 4 is 11.6 Å². The Balaban J connectivity index is 2.26. The minimum absolute atomic E-state index is 0.215. The molecule has 2 nitrogen and oxygen atoms in total. The minimum atomic E-state index is -0.258. The maximum Gasteiger partial charge on any atom is 0.161 e. The van der Waals surface area contributed by atoms with Gasteiger partial charge in [-0.25, -0.2) is 0 Å². The van der Waals surface area contributed by atoms with Crippen LogP contribution < -0.4 is 0 Å². The van der Waals surface area contributed by atoms with E-state index < -0.39 is 0 Å². The lowest BCUT2D eigenvalue weighted by Gasteiger charge is -2.27. The largest absolute Gasteiger partial charge is 0.300 e. The number of Topliss-reactive ketones (excluding diaryl/α,β-unsaturated/α-hetero) is 1. The third-order valence-electron chi connectivity index (χ3n) is 3.52. The Labute approximate surface area is 78.0 Å². The molecule has 0 spiro atoms. The summed E-state index contributed by atoms with van der Waals surface area (Å²) < 4.78 is 0. The number of carbonyl (C=O) groups is 2. The number of rotatable bonds is 0. The number of ketones is 2. The molecular formula is C11H14O2. The first-order chi connectivity index (χ1) is 6.13. The van der Waals surface area contributed by atoms with Crippen molar-refractivity contribution in [2.24, 2.45) is 11.3 Å². The lowest BCUT2D eigenvalue weighted by Crippen LogP contribution is -2.28. The molecule has 0 saturated heterocycles. The predicted molar refractivity (Wildman–Crippen MR) is 49.2 cm³/mol. The highest BCUT2D eigenvalue weighted by atomic mass is 16.1. The van der Waals surface area contributed by atoms with E-state index in [1.807, 2.05) is 13.0 Å². The fraction of sp³-hybridized carbons (Fsp3) is 0.636. The van der Waals surface area contributed by atoms with E-state index in [0.717, 1.165) is 12.8 Å². The van der Waals surface area contributed by atoms with Gasteiger partial charge in [0.15, 0.2) is 5.78 Å². The SMILES string of the molecule is C[C@@]12CCC(=O)CC[C@@H]1C=CC2=O. The van der Waals surface area contributed by atoms with Crippen LogP contribution in [0.15, 0.2) is 12.2 Å². The number of allylic oxidation sites excluding steroid dienone is 2. The molecular weight excluding hydrogens is 164 g/mol. The zero-order valence-electron chi connectivity index (χ0n) is 7.88. The molecule has 0 aromatic heterocycles. The van der Waals surface area contributed by atoms with E-state index in [9.17, 15) is 9.59 Å². The summed E-state index contributed by atoms with van der Waals surface area (Å²) in [5.74, 6) is 0.843. The van der Waals surface area contributed by atoms with Crippen LogP contribution in [-0.4, -0.2) is 11.6 Å². The smallest absolute Gasteiger partial charge is 0.161 e. The van der Waals surface area contributed by atoms with Gasteiger partial charge >= 0.3 is 0 Å². The van der Waals surface area contributed by atoms with Gasteiger partial charge in [-0.2, -0.15) is 0 Å². The number of hydrogen-bond donors (Lipinski definition) is 0. The quantitative estimate of drug-likeness (QED) is 0.567. The van der Waals surface area contributed by atoms with Crippen LogP contribution >= 0.6 is 0 Å². The fourth-order valence-electron chi connectivity index (χ4n) is 2.35. The Kier molecular flexibility index (Phi) is 1.86. The zero-order chi connectivity index (χ0) is 9.47. The summed E-state index contributed by atoms with van der Waals surface area (Å²) in [7, 11) is 0. The third-order valence-corrected chi connectivity index (χ3v) is 3.52. The van der Waals surface area contributed by atoms with E-state index >= 15 is 0 Å². The van der Waals surface area contributed by atoms with Crippen molar-refractivity contribution in [1.29, 1.82) is 0 Å². The molecule has 2 atom stereocenters. The van der Waals surface area contributed by atoms with Crippen molar-refractivity contribution in [1.82, 2.24) is 0 Å². The summed E-state index contributed by atoms with van der Waals surface area (Å²) in [4.78, 5) is 22.8. The van der Waals surface area contributed by atoms with Crippen LogP contribution in [0, 0.1) is 11.3 Å². The molecule has 0 amide bonds. The maximum atomic E-state index is 11.6. The first-order valence-electron chi connectivity index (χ1n) is 4.87. The number of hydrogen-bond acceptors (Lipinski definition) is 2. The average molecular weight is 178 g/mol. The van der Waals surface area contributed by atoms with E-state index in [0.29, 0.717) is 24.5 Å². The molecule has 13 heavy (non-hydrogen) atoms. The van der Waals surface area contributed by atoms with Gasteiger partial charge in [0.05, 0.1) is 0 Å². The Bertz CT molecular complexity index is 290. The molecule has 2 aliphatic rings. The predicted octanol–water partition coefficient (Wildman–Crippen LogP) is 1.89. The monoisotopic (exact) mass is 178 g/mol. The van der Waals surface area contributed by atoms with E-state index in [-0.39, 0.29) is 11.2 Å². The van der Waals surface area contributed by atoms with Gasteiger partial charge in [0.1, 0.15) is 5.78 Å². The topological polar surface area (TPSA) is 34.1 Å². The van der Waals surface area contributed by atoms with Crippen LogP contribution in [0.5, 0.6) is 0 Å². The van der Waals surface area contributed by atoms with E-state index in [2.05, 4.69) is 0 Å². The zero-order valence-corrected chi connectivity index (χ0v) is 7.88. The van der Waals surface area contributed by atoms with Crippen LogP contribution in [0.3, 0.4) is 0 Å². The molecule has 0 aromatic rings. The van der Waals surface area contributed by atoms with Crippen molar-refractivity contribution in [3.63, 3.8) is 0 Å². The van der Waals surface area contributed by atoms with Gasteiger partial charge < -0.3 is 0 Å². The van der Waals surface area contributed by atoms with Gasteiger partial charge in [0.25, 0.3) is 0 Å². The highest BCUT2D eigenvalue weighted by Crippen LogP contribution is 2.44. The molecule has 2 rings (SSSR count). The first-order valence-corrected chi connectivity index (χ1v) is 4.87. The lowest BCUT2D eigenvalue weighted by molar-refractivity contribution is -0.124. The molecule has 1 fully saturated rings. The first kappa shape index (κ1) is 8.67. The fourth-order valence-corrected chi connectivity index (χ4v) is 2.35. The van der Waals surface area contributed by atoms with Gasteiger partial charge in [0, 0.05) is 18.3 Å². The van der Waals surface area contributed by atoms with Crippen molar-refractivity contribution in [3.05, 3.63) is 12.2 Å². The van der Waals surface area contributed by atoms with Crippen molar-refractivity contribution in [2.75, 3.05) is 0 Å². The Morgan fingerprint density at radius 3 is 2.92 bits per heavy atom.